The summed E-state index contributed by atoms with van der Waals surface area (Å²) in [4.78, 5) is 14.0. The summed E-state index contributed by atoms with van der Waals surface area (Å²) in [5, 5.41) is 11.6. The van der Waals surface area contributed by atoms with Crippen LogP contribution in [0.1, 0.15) is 25.3 Å². The molecule has 0 saturated carbocycles. The van der Waals surface area contributed by atoms with E-state index in [0.717, 1.165) is 37.2 Å². The lowest BCUT2D eigenvalue weighted by Gasteiger charge is -2.30. The Balaban J connectivity index is 1.97. The van der Waals surface area contributed by atoms with Crippen molar-refractivity contribution in [3.8, 4) is 11.8 Å². The molecule has 4 heteroatoms. The van der Waals surface area contributed by atoms with E-state index in [-0.39, 0.29) is 12.6 Å². The van der Waals surface area contributed by atoms with Crippen molar-refractivity contribution in [2.45, 2.75) is 19.8 Å². The van der Waals surface area contributed by atoms with Gasteiger partial charge in [-0.2, -0.15) is 0 Å². The van der Waals surface area contributed by atoms with E-state index in [1.807, 2.05) is 29.2 Å². The van der Waals surface area contributed by atoms with Gasteiger partial charge in [-0.15, -0.1) is 0 Å². The largest absolute Gasteiger partial charge is 0.384 e. The van der Waals surface area contributed by atoms with Gasteiger partial charge in [0.05, 0.1) is 0 Å². The van der Waals surface area contributed by atoms with Crippen molar-refractivity contribution in [3.63, 3.8) is 0 Å². The third kappa shape index (κ3) is 4.01. The molecule has 0 unspecified atom stereocenters. The quantitative estimate of drug-likeness (QED) is 0.771. The van der Waals surface area contributed by atoms with Gasteiger partial charge in [-0.05, 0) is 37.0 Å². The molecule has 0 atom stereocenters. The molecule has 4 nitrogen and oxygen atoms in total. The maximum atomic E-state index is 12.1. The van der Waals surface area contributed by atoms with Crippen LogP contribution in [0.3, 0.4) is 0 Å². The Labute approximate surface area is 119 Å². The Morgan fingerprint density at radius 1 is 1.45 bits per heavy atom. The first-order chi connectivity index (χ1) is 9.69. The van der Waals surface area contributed by atoms with E-state index in [0.29, 0.717) is 5.92 Å². The number of hydrogen-bond donors (Lipinski definition) is 2. The number of rotatable bonds is 1. The number of amides is 2. The predicted octanol–water partition coefficient (Wildman–Crippen LogP) is 2.29. The van der Waals surface area contributed by atoms with Gasteiger partial charge in [0.15, 0.2) is 0 Å². The Kier molecular flexibility index (Phi) is 5.03. The molecule has 0 aliphatic carbocycles. The molecular weight excluding hydrogens is 252 g/mol. The van der Waals surface area contributed by atoms with Crippen LogP contribution in [0.5, 0.6) is 0 Å². The van der Waals surface area contributed by atoms with E-state index in [4.69, 9.17) is 5.11 Å². The third-order valence-corrected chi connectivity index (χ3v) is 3.50. The molecule has 1 heterocycles. The summed E-state index contributed by atoms with van der Waals surface area (Å²) in [5.74, 6) is 6.13. The van der Waals surface area contributed by atoms with Crippen LogP contribution in [0.4, 0.5) is 10.5 Å². The summed E-state index contributed by atoms with van der Waals surface area (Å²) < 4.78 is 0. The molecule has 20 heavy (non-hydrogen) atoms. The van der Waals surface area contributed by atoms with Crippen molar-refractivity contribution in [1.82, 2.24) is 4.90 Å². The number of carbonyl (C=O) groups is 1. The lowest BCUT2D eigenvalue weighted by Crippen LogP contribution is -2.40. The van der Waals surface area contributed by atoms with Crippen LogP contribution in [-0.2, 0) is 0 Å². The number of nitrogens with one attached hydrogen (secondary N) is 1. The highest BCUT2D eigenvalue weighted by Gasteiger charge is 2.20. The van der Waals surface area contributed by atoms with Crippen LogP contribution in [0.15, 0.2) is 24.3 Å². The average molecular weight is 272 g/mol. The zero-order valence-corrected chi connectivity index (χ0v) is 11.7. The zero-order valence-electron chi connectivity index (χ0n) is 11.7. The van der Waals surface area contributed by atoms with Gasteiger partial charge >= 0.3 is 6.03 Å². The van der Waals surface area contributed by atoms with Gasteiger partial charge in [0, 0.05) is 24.3 Å². The highest BCUT2D eigenvalue weighted by molar-refractivity contribution is 5.89. The molecule has 1 aliphatic heterocycles. The molecule has 2 rings (SSSR count). The number of anilines is 1. The van der Waals surface area contributed by atoms with Crippen LogP contribution < -0.4 is 5.32 Å². The summed E-state index contributed by atoms with van der Waals surface area (Å²) in [7, 11) is 0. The SMILES string of the molecule is CC1CCN(C(=O)Nc2cccc(C#CCO)c2)CC1. The van der Waals surface area contributed by atoms with Gasteiger partial charge < -0.3 is 15.3 Å². The number of hydrogen-bond acceptors (Lipinski definition) is 2. The van der Waals surface area contributed by atoms with E-state index in [1.165, 1.54) is 0 Å². The minimum atomic E-state index is -0.164. The molecule has 1 fully saturated rings. The Hall–Kier alpha value is -1.99. The smallest absolute Gasteiger partial charge is 0.321 e. The molecule has 1 aliphatic rings. The first kappa shape index (κ1) is 14.4. The second-order valence-corrected chi connectivity index (χ2v) is 5.14. The number of urea groups is 1. The van der Waals surface area contributed by atoms with Crippen molar-refractivity contribution in [1.29, 1.82) is 0 Å². The van der Waals surface area contributed by atoms with Crippen LogP contribution >= 0.6 is 0 Å². The summed E-state index contributed by atoms with van der Waals surface area (Å²) in [6, 6.07) is 7.29. The first-order valence-corrected chi connectivity index (χ1v) is 6.95. The minimum absolute atomic E-state index is 0.0517. The standard InChI is InChI=1S/C16H20N2O2/c1-13-7-9-18(10-8-13)16(20)17-15-6-2-4-14(12-15)5-3-11-19/h2,4,6,12-13,19H,7-11H2,1H3,(H,17,20). The van der Waals surface area contributed by atoms with Crippen LogP contribution in [0.25, 0.3) is 0 Å². The predicted molar refractivity (Wildman–Crippen MR) is 79.4 cm³/mol. The fraction of sp³-hybridized carbons (Fsp3) is 0.438. The molecule has 2 amide bonds. The molecule has 2 N–H and O–H groups in total. The average Bonchev–Trinajstić information content (AvgIpc) is 2.46. The summed E-state index contributed by atoms with van der Waals surface area (Å²) in [5.41, 5.74) is 1.52. The molecule has 0 bridgehead atoms. The Morgan fingerprint density at radius 3 is 2.90 bits per heavy atom. The molecule has 0 aromatic heterocycles. The highest BCUT2D eigenvalue weighted by Crippen LogP contribution is 2.17. The highest BCUT2D eigenvalue weighted by atomic mass is 16.2. The number of aliphatic hydroxyl groups excluding tert-OH is 1. The monoisotopic (exact) mass is 272 g/mol. The van der Waals surface area contributed by atoms with Crippen molar-refractivity contribution in [2.24, 2.45) is 5.92 Å². The maximum Gasteiger partial charge on any atom is 0.321 e. The third-order valence-electron chi connectivity index (χ3n) is 3.50. The lowest BCUT2D eigenvalue weighted by molar-refractivity contribution is 0.186. The molecule has 106 valence electrons. The lowest BCUT2D eigenvalue weighted by atomic mass is 10.00. The number of piperidine rings is 1. The Bertz CT molecular complexity index is 523. The van der Waals surface area contributed by atoms with E-state index in [1.54, 1.807) is 0 Å². The van der Waals surface area contributed by atoms with Gasteiger partial charge in [0.1, 0.15) is 6.61 Å². The van der Waals surface area contributed by atoms with Gasteiger partial charge in [-0.3, -0.25) is 0 Å². The maximum absolute atomic E-state index is 12.1. The van der Waals surface area contributed by atoms with E-state index in [2.05, 4.69) is 24.1 Å². The second kappa shape index (κ2) is 6.97. The van der Waals surface area contributed by atoms with E-state index in [9.17, 15) is 4.79 Å². The van der Waals surface area contributed by atoms with Gasteiger partial charge in [0.25, 0.3) is 0 Å². The number of aliphatic hydroxyl groups is 1. The van der Waals surface area contributed by atoms with E-state index < -0.39 is 0 Å². The number of benzene rings is 1. The molecular formula is C16H20N2O2. The van der Waals surface area contributed by atoms with Crippen molar-refractivity contribution in [3.05, 3.63) is 29.8 Å². The Morgan fingerprint density at radius 2 is 2.20 bits per heavy atom. The number of nitrogens with zero attached hydrogens (tertiary/aromatic N) is 1. The van der Waals surface area contributed by atoms with Crippen molar-refractivity contribution >= 4 is 11.7 Å². The van der Waals surface area contributed by atoms with Crippen LogP contribution in [0, 0.1) is 17.8 Å². The molecule has 1 aromatic rings. The minimum Gasteiger partial charge on any atom is -0.384 e. The van der Waals surface area contributed by atoms with Crippen molar-refractivity contribution < 1.29 is 9.90 Å². The van der Waals surface area contributed by atoms with Crippen molar-refractivity contribution in [2.75, 3.05) is 25.0 Å². The summed E-state index contributed by atoms with van der Waals surface area (Å²) in [6.45, 7) is 3.69. The van der Waals surface area contributed by atoms with Gasteiger partial charge in [0.2, 0.25) is 0 Å². The fourth-order valence-corrected chi connectivity index (χ4v) is 2.23. The molecule has 1 saturated heterocycles. The summed E-state index contributed by atoms with van der Waals surface area (Å²) >= 11 is 0. The van der Waals surface area contributed by atoms with Crippen LogP contribution in [-0.4, -0.2) is 35.7 Å². The second-order valence-electron chi connectivity index (χ2n) is 5.14. The summed E-state index contributed by atoms with van der Waals surface area (Å²) in [6.07, 6.45) is 2.13. The van der Waals surface area contributed by atoms with Gasteiger partial charge in [-0.1, -0.05) is 24.8 Å². The first-order valence-electron chi connectivity index (χ1n) is 6.95. The molecule has 0 spiro atoms. The molecule has 0 radical (unpaired) electrons. The number of carbonyl (C=O) groups excluding carboxylic acids is 1. The fourth-order valence-electron chi connectivity index (χ4n) is 2.23. The van der Waals surface area contributed by atoms with Gasteiger partial charge in [-0.25, -0.2) is 4.79 Å². The number of likely N-dealkylation sites (tertiary alicyclic amines) is 1. The van der Waals surface area contributed by atoms with E-state index >= 15 is 0 Å². The normalized spacial score (nSPS) is 15.4. The van der Waals surface area contributed by atoms with Crippen LogP contribution in [0.2, 0.25) is 0 Å². The zero-order chi connectivity index (χ0) is 14.4. The molecule has 1 aromatic carbocycles. The topological polar surface area (TPSA) is 52.6 Å².